The van der Waals surface area contributed by atoms with Gasteiger partial charge in [-0.3, -0.25) is 4.79 Å². The molecule has 134 valence electrons. The molecule has 0 unspecified atom stereocenters. The lowest BCUT2D eigenvalue weighted by Crippen LogP contribution is -2.20. The number of anilines is 1. The zero-order valence-corrected chi connectivity index (χ0v) is 15.4. The van der Waals surface area contributed by atoms with Crippen molar-refractivity contribution in [1.82, 2.24) is 9.55 Å². The first-order valence-corrected chi connectivity index (χ1v) is 9.10. The highest BCUT2D eigenvalue weighted by Crippen LogP contribution is 2.20. The largest absolute Gasteiger partial charge is 0.325 e. The number of rotatable bonds is 5. The van der Waals surface area contributed by atoms with Crippen molar-refractivity contribution >= 4 is 34.2 Å². The summed E-state index contributed by atoms with van der Waals surface area (Å²) in [7, 11) is 0. The van der Waals surface area contributed by atoms with E-state index < -0.39 is 0 Å². The van der Waals surface area contributed by atoms with Crippen LogP contribution in [0.3, 0.4) is 0 Å². The van der Waals surface area contributed by atoms with Gasteiger partial charge in [-0.05, 0) is 42.0 Å². The number of halogens is 1. The van der Waals surface area contributed by atoms with Gasteiger partial charge in [-0.25, -0.2) is 4.98 Å². The summed E-state index contributed by atoms with van der Waals surface area (Å²) in [6.45, 7) is 0.207. The number of carbonyl (C=O) groups is 1. The third-order valence-electron chi connectivity index (χ3n) is 4.37. The van der Waals surface area contributed by atoms with Crippen LogP contribution in [0, 0.1) is 0 Å². The molecular formula is C22H18ClN3O. The maximum absolute atomic E-state index is 12.6. The third kappa shape index (κ3) is 4.01. The molecule has 4 nitrogen and oxygen atoms in total. The summed E-state index contributed by atoms with van der Waals surface area (Å²) in [4.78, 5) is 17.3. The standard InChI is InChI=1S/C22H18ClN3O/c23-17-12-10-16(11-13-17)14-21-25-19-8-4-5-9-20(19)26(21)15-22(27)24-18-6-2-1-3-7-18/h1-13H,14-15H2,(H,24,27). The van der Waals surface area contributed by atoms with Crippen LogP contribution in [0.25, 0.3) is 11.0 Å². The molecule has 4 rings (SSSR count). The van der Waals surface area contributed by atoms with Crippen LogP contribution in [-0.2, 0) is 17.8 Å². The Labute approximate surface area is 162 Å². The molecule has 0 aliphatic heterocycles. The summed E-state index contributed by atoms with van der Waals surface area (Å²) in [6.07, 6.45) is 0.629. The normalized spacial score (nSPS) is 10.9. The SMILES string of the molecule is O=C(Cn1c(Cc2ccc(Cl)cc2)nc2ccccc21)Nc1ccccc1. The van der Waals surface area contributed by atoms with E-state index in [2.05, 4.69) is 5.32 Å². The molecule has 0 saturated heterocycles. The van der Waals surface area contributed by atoms with Crippen LogP contribution >= 0.6 is 11.6 Å². The van der Waals surface area contributed by atoms with Crippen molar-refractivity contribution in [2.75, 3.05) is 5.32 Å². The Bertz CT molecular complexity index is 1070. The molecule has 0 bridgehead atoms. The molecule has 5 heteroatoms. The van der Waals surface area contributed by atoms with Crippen molar-refractivity contribution in [3.63, 3.8) is 0 Å². The number of benzene rings is 3. The maximum Gasteiger partial charge on any atom is 0.244 e. The number of para-hydroxylation sites is 3. The zero-order chi connectivity index (χ0) is 18.6. The lowest BCUT2D eigenvalue weighted by Gasteiger charge is -2.10. The number of nitrogens with zero attached hydrogens (tertiary/aromatic N) is 2. The summed E-state index contributed by atoms with van der Waals surface area (Å²) in [5.74, 6) is 0.767. The van der Waals surface area contributed by atoms with E-state index in [9.17, 15) is 4.79 Å². The number of hydrogen-bond acceptors (Lipinski definition) is 2. The minimum Gasteiger partial charge on any atom is -0.325 e. The van der Waals surface area contributed by atoms with E-state index in [1.54, 1.807) is 0 Å². The van der Waals surface area contributed by atoms with Gasteiger partial charge in [-0.15, -0.1) is 0 Å². The van der Waals surface area contributed by atoms with Gasteiger partial charge >= 0.3 is 0 Å². The molecule has 3 aromatic carbocycles. The van der Waals surface area contributed by atoms with E-state index >= 15 is 0 Å². The first-order chi connectivity index (χ1) is 13.2. The lowest BCUT2D eigenvalue weighted by atomic mass is 10.1. The Hall–Kier alpha value is -3.11. The van der Waals surface area contributed by atoms with Gasteiger partial charge in [0.1, 0.15) is 12.4 Å². The van der Waals surface area contributed by atoms with Crippen molar-refractivity contribution in [1.29, 1.82) is 0 Å². The molecule has 0 radical (unpaired) electrons. The fourth-order valence-electron chi connectivity index (χ4n) is 3.09. The predicted molar refractivity (Wildman–Crippen MR) is 109 cm³/mol. The molecule has 1 heterocycles. The van der Waals surface area contributed by atoms with Gasteiger partial charge in [-0.1, -0.05) is 54.1 Å². The van der Waals surface area contributed by atoms with Crippen molar-refractivity contribution in [3.05, 3.63) is 95.3 Å². The van der Waals surface area contributed by atoms with Crippen molar-refractivity contribution in [3.8, 4) is 0 Å². The van der Waals surface area contributed by atoms with Crippen LogP contribution in [0.1, 0.15) is 11.4 Å². The molecule has 0 saturated carbocycles. The number of amides is 1. The van der Waals surface area contributed by atoms with E-state index in [1.807, 2.05) is 83.4 Å². The monoisotopic (exact) mass is 375 g/mol. The quantitative estimate of drug-likeness (QED) is 0.538. The van der Waals surface area contributed by atoms with E-state index in [0.717, 1.165) is 28.1 Å². The van der Waals surface area contributed by atoms with Gasteiger partial charge in [0.05, 0.1) is 11.0 Å². The zero-order valence-electron chi connectivity index (χ0n) is 14.6. The Balaban J connectivity index is 1.63. The van der Waals surface area contributed by atoms with Crippen LogP contribution in [0.5, 0.6) is 0 Å². The molecule has 1 amide bonds. The van der Waals surface area contributed by atoms with Crippen molar-refractivity contribution in [2.24, 2.45) is 0 Å². The summed E-state index contributed by atoms with van der Waals surface area (Å²) in [5.41, 5.74) is 3.71. The highest BCUT2D eigenvalue weighted by atomic mass is 35.5. The van der Waals surface area contributed by atoms with Gasteiger partial charge in [0, 0.05) is 17.1 Å². The molecule has 27 heavy (non-hydrogen) atoms. The third-order valence-corrected chi connectivity index (χ3v) is 4.62. The van der Waals surface area contributed by atoms with Crippen molar-refractivity contribution in [2.45, 2.75) is 13.0 Å². The summed E-state index contributed by atoms with van der Waals surface area (Å²) >= 11 is 5.98. The fraction of sp³-hybridized carbons (Fsp3) is 0.0909. The van der Waals surface area contributed by atoms with Gasteiger partial charge in [0.2, 0.25) is 5.91 Å². The Morgan fingerprint density at radius 2 is 1.63 bits per heavy atom. The second kappa shape index (κ2) is 7.64. The topological polar surface area (TPSA) is 46.9 Å². The molecular weight excluding hydrogens is 358 g/mol. The second-order valence-electron chi connectivity index (χ2n) is 6.32. The Morgan fingerprint density at radius 1 is 0.926 bits per heavy atom. The van der Waals surface area contributed by atoms with Crippen LogP contribution in [-0.4, -0.2) is 15.5 Å². The van der Waals surface area contributed by atoms with Gasteiger partial charge in [0.15, 0.2) is 0 Å². The minimum absolute atomic E-state index is 0.0818. The van der Waals surface area contributed by atoms with Crippen LogP contribution < -0.4 is 5.32 Å². The summed E-state index contributed by atoms with van der Waals surface area (Å²) in [6, 6.07) is 25.0. The van der Waals surface area contributed by atoms with Crippen LogP contribution in [0.15, 0.2) is 78.9 Å². The highest BCUT2D eigenvalue weighted by Gasteiger charge is 2.14. The van der Waals surface area contributed by atoms with E-state index in [1.165, 1.54) is 0 Å². The number of nitrogens with one attached hydrogen (secondary N) is 1. The van der Waals surface area contributed by atoms with E-state index in [-0.39, 0.29) is 12.5 Å². The lowest BCUT2D eigenvalue weighted by molar-refractivity contribution is -0.116. The molecule has 0 aliphatic rings. The molecule has 0 atom stereocenters. The van der Waals surface area contributed by atoms with Gasteiger partial charge < -0.3 is 9.88 Å². The van der Waals surface area contributed by atoms with E-state index in [4.69, 9.17) is 16.6 Å². The Morgan fingerprint density at radius 3 is 2.41 bits per heavy atom. The molecule has 0 fully saturated rings. The first-order valence-electron chi connectivity index (χ1n) is 8.72. The number of aromatic nitrogens is 2. The smallest absolute Gasteiger partial charge is 0.244 e. The number of carbonyl (C=O) groups excluding carboxylic acids is 1. The van der Waals surface area contributed by atoms with Gasteiger partial charge in [-0.2, -0.15) is 0 Å². The number of imidazole rings is 1. The van der Waals surface area contributed by atoms with Crippen LogP contribution in [0.4, 0.5) is 5.69 Å². The fourth-order valence-corrected chi connectivity index (χ4v) is 3.21. The molecule has 0 aliphatic carbocycles. The Kier molecular flexibility index (Phi) is 4.90. The number of hydrogen-bond donors (Lipinski definition) is 1. The van der Waals surface area contributed by atoms with E-state index in [0.29, 0.717) is 11.4 Å². The predicted octanol–water partition coefficient (Wildman–Crippen LogP) is 4.92. The van der Waals surface area contributed by atoms with Gasteiger partial charge in [0.25, 0.3) is 0 Å². The molecule has 1 aromatic heterocycles. The summed E-state index contributed by atoms with van der Waals surface area (Å²) < 4.78 is 1.97. The summed E-state index contributed by atoms with van der Waals surface area (Å²) in [5, 5.41) is 3.64. The number of fused-ring (bicyclic) bond motifs is 1. The van der Waals surface area contributed by atoms with Crippen molar-refractivity contribution < 1.29 is 4.79 Å². The average molecular weight is 376 g/mol. The molecule has 0 spiro atoms. The minimum atomic E-state index is -0.0818. The average Bonchev–Trinajstić information content (AvgIpc) is 3.01. The molecule has 1 N–H and O–H groups in total. The first kappa shape index (κ1) is 17.3. The molecule has 4 aromatic rings. The maximum atomic E-state index is 12.6. The van der Waals surface area contributed by atoms with Crippen LogP contribution in [0.2, 0.25) is 5.02 Å². The second-order valence-corrected chi connectivity index (χ2v) is 6.76. The highest BCUT2D eigenvalue weighted by molar-refractivity contribution is 6.30.